The molecule has 0 unspecified atom stereocenters. The van der Waals surface area contributed by atoms with Crippen molar-refractivity contribution in [3.63, 3.8) is 0 Å². The highest BCUT2D eigenvalue weighted by Gasteiger charge is 2.31. The van der Waals surface area contributed by atoms with Gasteiger partial charge in [-0.2, -0.15) is 4.31 Å². The number of sulfonamides is 1. The fourth-order valence-electron chi connectivity index (χ4n) is 3.04. The third-order valence-electron chi connectivity index (χ3n) is 4.61. The van der Waals surface area contributed by atoms with E-state index in [0.717, 1.165) is 12.1 Å². The first-order chi connectivity index (χ1) is 13.4. The molecule has 1 amide bonds. The van der Waals surface area contributed by atoms with Crippen molar-refractivity contribution in [2.24, 2.45) is 0 Å². The molecular weight excluding hydrogens is 387 g/mol. The van der Waals surface area contributed by atoms with Crippen LogP contribution in [0.3, 0.4) is 0 Å². The highest BCUT2D eigenvalue weighted by molar-refractivity contribution is 7.89. The van der Waals surface area contributed by atoms with E-state index in [2.05, 4.69) is 0 Å². The van der Waals surface area contributed by atoms with Crippen LogP contribution in [-0.4, -0.2) is 63.9 Å². The fourth-order valence-corrected chi connectivity index (χ4v) is 4.46. The van der Waals surface area contributed by atoms with Gasteiger partial charge >= 0.3 is 0 Å². The zero-order chi connectivity index (χ0) is 20.3. The lowest BCUT2D eigenvalue weighted by molar-refractivity contribution is 0.0694. The van der Waals surface area contributed by atoms with Gasteiger partial charge in [0.15, 0.2) is 0 Å². The molecular formula is C19H21FN2O5S. The normalized spacial score (nSPS) is 15.3. The number of halogens is 1. The Labute approximate surface area is 163 Å². The largest absolute Gasteiger partial charge is 0.497 e. The Kier molecular flexibility index (Phi) is 5.85. The molecule has 3 rings (SSSR count). The fraction of sp³-hybridized carbons (Fsp3) is 0.316. The molecule has 0 spiro atoms. The summed E-state index contributed by atoms with van der Waals surface area (Å²) >= 11 is 0. The maximum Gasteiger partial charge on any atom is 0.257 e. The monoisotopic (exact) mass is 408 g/mol. The molecule has 1 aliphatic heterocycles. The number of methoxy groups -OCH3 is 2. The second kappa shape index (κ2) is 8.15. The minimum Gasteiger partial charge on any atom is -0.497 e. The summed E-state index contributed by atoms with van der Waals surface area (Å²) in [6, 6.07) is 9.66. The van der Waals surface area contributed by atoms with Gasteiger partial charge in [-0.05, 0) is 42.5 Å². The van der Waals surface area contributed by atoms with Crippen molar-refractivity contribution in [3.05, 3.63) is 53.8 Å². The van der Waals surface area contributed by atoms with E-state index in [9.17, 15) is 17.6 Å². The number of hydrogen-bond acceptors (Lipinski definition) is 5. The molecule has 0 N–H and O–H groups in total. The number of rotatable bonds is 5. The summed E-state index contributed by atoms with van der Waals surface area (Å²) in [5, 5.41) is 0. The van der Waals surface area contributed by atoms with Crippen LogP contribution in [0.4, 0.5) is 4.39 Å². The first kappa shape index (κ1) is 20.1. The van der Waals surface area contributed by atoms with Crippen molar-refractivity contribution in [2.75, 3.05) is 40.4 Å². The quantitative estimate of drug-likeness (QED) is 0.756. The third-order valence-corrected chi connectivity index (χ3v) is 6.53. The maximum absolute atomic E-state index is 13.1. The molecule has 0 atom stereocenters. The van der Waals surface area contributed by atoms with Crippen LogP contribution in [0.25, 0.3) is 0 Å². The predicted molar refractivity (Wildman–Crippen MR) is 101 cm³/mol. The van der Waals surface area contributed by atoms with Crippen molar-refractivity contribution >= 4 is 15.9 Å². The lowest BCUT2D eigenvalue weighted by atomic mass is 10.1. The van der Waals surface area contributed by atoms with Crippen LogP contribution in [-0.2, 0) is 10.0 Å². The van der Waals surface area contributed by atoms with Gasteiger partial charge in [-0.25, -0.2) is 12.8 Å². The van der Waals surface area contributed by atoms with E-state index in [4.69, 9.17) is 9.47 Å². The van der Waals surface area contributed by atoms with E-state index < -0.39 is 15.8 Å². The molecule has 0 aromatic heterocycles. The average Bonchev–Trinajstić information content (AvgIpc) is 2.73. The topological polar surface area (TPSA) is 76.2 Å². The molecule has 1 heterocycles. The van der Waals surface area contributed by atoms with Crippen molar-refractivity contribution < 1.29 is 27.1 Å². The SMILES string of the molecule is COc1ccc(OC)c(C(=O)N2CCN(S(=O)(=O)c3ccc(F)cc3)CC2)c1. The Balaban J connectivity index is 1.73. The highest BCUT2D eigenvalue weighted by Crippen LogP contribution is 2.26. The minimum atomic E-state index is -3.73. The molecule has 28 heavy (non-hydrogen) atoms. The Hall–Kier alpha value is -2.65. The Bertz CT molecular complexity index is 955. The van der Waals surface area contributed by atoms with Gasteiger partial charge in [-0.15, -0.1) is 0 Å². The van der Waals surface area contributed by atoms with Crippen molar-refractivity contribution in [2.45, 2.75) is 4.90 Å². The summed E-state index contributed by atoms with van der Waals surface area (Å²) < 4.78 is 50.2. The standard InChI is InChI=1S/C19H21FN2O5S/c1-26-15-5-8-18(27-2)17(13-15)19(23)21-9-11-22(12-10-21)28(24,25)16-6-3-14(20)4-7-16/h3-8,13H,9-12H2,1-2H3. The van der Waals surface area contributed by atoms with Crippen LogP contribution in [0.1, 0.15) is 10.4 Å². The molecule has 150 valence electrons. The van der Waals surface area contributed by atoms with E-state index >= 15 is 0 Å². The van der Waals surface area contributed by atoms with Gasteiger partial charge < -0.3 is 14.4 Å². The Morgan fingerprint density at radius 2 is 1.61 bits per heavy atom. The zero-order valence-electron chi connectivity index (χ0n) is 15.6. The number of piperazine rings is 1. The van der Waals surface area contributed by atoms with Crippen LogP contribution < -0.4 is 9.47 Å². The number of benzene rings is 2. The number of carbonyl (C=O) groups is 1. The first-order valence-electron chi connectivity index (χ1n) is 8.64. The van der Waals surface area contributed by atoms with Crippen LogP contribution in [0.2, 0.25) is 0 Å². The Morgan fingerprint density at radius 1 is 0.964 bits per heavy atom. The van der Waals surface area contributed by atoms with Crippen LogP contribution in [0.5, 0.6) is 11.5 Å². The number of ether oxygens (including phenoxy) is 2. The first-order valence-corrected chi connectivity index (χ1v) is 10.1. The molecule has 1 aliphatic rings. The summed E-state index contributed by atoms with van der Waals surface area (Å²) in [6.45, 7) is 0.773. The zero-order valence-corrected chi connectivity index (χ0v) is 16.4. The van der Waals surface area contributed by atoms with E-state index in [-0.39, 0.29) is 37.0 Å². The van der Waals surface area contributed by atoms with Crippen LogP contribution in [0, 0.1) is 5.82 Å². The van der Waals surface area contributed by atoms with Gasteiger partial charge in [0.2, 0.25) is 10.0 Å². The highest BCUT2D eigenvalue weighted by atomic mass is 32.2. The van der Waals surface area contributed by atoms with E-state index in [1.165, 1.54) is 30.7 Å². The van der Waals surface area contributed by atoms with Gasteiger partial charge in [-0.3, -0.25) is 4.79 Å². The molecule has 0 aliphatic carbocycles. The van der Waals surface area contributed by atoms with Gasteiger partial charge in [-0.1, -0.05) is 0 Å². The van der Waals surface area contributed by atoms with Crippen LogP contribution >= 0.6 is 0 Å². The molecule has 2 aromatic carbocycles. The molecule has 0 radical (unpaired) electrons. The van der Waals surface area contributed by atoms with Crippen LogP contribution in [0.15, 0.2) is 47.4 Å². The lowest BCUT2D eigenvalue weighted by Crippen LogP contribution is -2.50. The van der Waals surface area contributed by atoms with Crippen molar-refractivity contribution in [3.8, 4) is 11.5 Å². The lowest BCUT2D eigenvalue weighted by Gasteiger charge is -2.34. The third kappa shape index (κ3) is 3.95. The van der Waals surface area contributed by atoms with Crippen molar-refractivity contribution in [1.82, 2.24) is 9.21 Å². The van der Waals surface area contributed by atoms with E-state index in [1.807, 2.05) is 0 Å². The molecule has 9 heteroatoms. The molecule has 7 nitrogen and oxygen atoms in total. The summed E-state index contributed by atoms with van der Waals surface area (Å²) in [5.74, 6) is 0.199. The number of carbonyl (C=O) groups excluding carboxylic acids is 1. The Morgan fingerprint density at radius 3 is 2.18 bits per heavy atom. The second-order valence-electron chi connectivity index (χ2n) is 6.22. The molecule has 0 saturated carbocycles. The van der Waals surface area contributed by atoms with Gasteiger partial charge in [0.05, 0.1) is 24.7 Å². The molecule has 2 aromatic rings. The molecule has 1 saturated heterocycles. The van der Waals surface area contributed by atoms with Gasteiger partial charge in [0.1, 0.15) is 17.3 Å². The predicted octanol–water partition coefficient (Wildman–Crippen LogP) is 1.99. The molecule has 1 fully saturated rings. The van der Waals surface area contributed by atoms with E-state index in [0.29, 0.717) is 17.1 Å². The number of hydrogen-bond donors (Lipinski definition) is 0. The minimum absolute atomic E-state index is 0.0307. The summed E-state index contributed by atoms with van der Waals surface area (Å²) in [6.07, 6.45) is 0. The second-order valence-corrected chi connectivity index (χ2v) is 8.15. The number of nitrogens with zero attached hydrogens (tertiary/aromatic N) is 2. The molecule has 0 bridgehead atoms. The van der Waals surface area contributed by atoms with Crippen molar-refractivity contribution in [1.29, 1.82) is 0 Å². The number of amides is 1. The summed E-state index contributed by atoms with van der Waals surface area (Å²) in [5.41, 5.74) is 0.358. The van der Waals surface area contributed by atoms with Gasteiger partial charge in [0.25, 0.3) is 5.91 Å². The average molecular weight is 408 g/mol. The summed E-state index contributed by atoms with van der Waals surface area (Å²) in [4.78, 5) is 14.5. The smallest absolute Gasteiger partial charge is 0.257 e. The van der Waals surface area contributed by atoms with E-state index in [1.54, 1.807) is 23.1 Å². The summed E-state index contributed by atoms with van der Waals surface area (Å²) in [7, 11) is -0.745. The maximum atomic E-state index is 13.1. The van der Waals surface area contributed by atoms with Gasteiger partial charge in [0, 0.05) is 26.2 Å².